The minimum absolute atomic E-state index is 0.257. The second kappa shape index (κ2) is 5.81. The average Bonchev–Trinajstić information content (AvgIpc) is 2.74. The quantitative estimate of drug-likeness (QED) is 0.659. The summed E-state index contributed by atoms with van der Waals surface area (Å²) in [6, 6.07) is 4.57. The van der Waals surface area contributed by atoms with Crippen LogP contribution in [0.5, 0.6) is 5.75 Å². The van der Waals surface area contributed by atoms with Gasteiger partial charge in [0.05, 0.1) is 6.61 Å². The molecule has 1 unspecified atom stereocenters. The molecule has 2 rings (SSSR count). The van der Waals surface area contributed by atoms with E-state index < -0.39 is 0 Å². The summed E-state index contributed by atoms with van der Waals surface area (Å²) in [4.78, 5) is 0. The maximum Gasteiger partial charge on any atom is 0.125 e. The van der Waals surface area contributed by atoms with Crippen LogP contribution in [0, 0.1) is 5.41 Å². The third-order valence-corrected chi connectivity index (χ3v) is 3.84. The van der Waals surface area contributed by atoms with Crippen LogP contribution < -0.4 is 16.0 Å². The third-order valence-electron chi connectivity index (χ3n) is 3.39. The van der Waals surface area contributed by atoms with Gasteiger partial charge < -0.3 is 4.74 Å². The lowest BCUT2D eigenvalue weighted by molar-refractivity contribution is 0.304. The van der Waals surface area contributed by atoms with Crippen molar-refractivity contribution in [1.29, 1.82) is 0 Å². The summed E-state index contributed by atoms with van der Waals surface area (Å²) in [7, 11) is 0. The molecule has 0 spiro atoms. The van der Waals surface area contributed by atoms with E-state index in [0.717, 1.165) is 36.1 Å². The van der Waals surface area contributed by atoms with Gasteiger partial charge in [-0.15, -0.1) is 0 Å². The Bertz CT molecular complexity index is 454. The Kier molecular flexibility index (Phi) is 4.54. The number of fused-ring (bicyclic) bond motifs is 1. The summed E-state index contributed by atoms with van der Waals surface area (Å²) in [5, 5.41) is 0. The van der Waals surface area contributed by atoms with Crippen LogP contribution in [0.4, 0.5) is 0 Å². The van der Waals surface area contributed by atoms with E-state index in [1.54, 1.807) is 0 Å². The van der Waals surface area contributed by atoms with Gasteiger partial charge in [-0.3, -0.25) is 11.3 Å². The molecule has 106 valence electrons. The van der Waals surface area contributed by atoms with Crippen molar-refractivity contribution in [3.63, 3.8) is 0 Å². The molecule has 0 aromatic heterocycles. The Labute approximate surface area is 124 Å². The number of nitrogens with one attached hydrogen (secondary N) is 1. The molecule has 0 radical (unpaired) electrons. The van der Waals surface area contributed by atoms with Crippen LogP contribution in [0.15, 0.2) is 16.6 Å². The first-order valence-electron chi connectivity index (χ1n) is 6.79. The molecule has 1 heterocycles. The number of hydrogen-bond donors (Lipinski definition) is 2. The molecule has 0 bridgehead atoms. The van der Waals surface area contributed by atoms with E-state index in [9.17, 15) is 0 Å². The van der Waals surface area contributed by atoms with Crippen molar-refractivity contribution in [3.8, 4) is 5.75 Å². The highest BCUT2D eigenvalue weighted by molar-refractivity contribution is 9.10. The van der Waals surface area contributed by atoms with E-state index in [-0.39, 0.29) is 11.5 Å². The molecular formula is C15H23BrN2O. The van der Waals surface area contributed by atoms with E-state index in [1.807, 2.05) is 0 Å². The van der Waals surface area contributed by atoms with Gasteiger partial charge in [-0.2, -0.15) is 0 Å². The highest BCUT2D eigenvalue weighted by Gasteiger charge is 2.22. The highest BCUT2D eigenvalue weighted by Crippen LogP contribution is 2.34. The summed E-state index contributed by atoms with van der Waals surface area (Å²) < 4.78 is 6.89. The molecule has 1 aliphatic heterocycles. The zero-order chi connectivity index (χ0) is 14.0. The largest absolute Gasteiger partial charge is 0.493 e. The van der Waals surface area contributed by atoms with Crippen LogP contribution in [0.3, 0.4) is 0 Å². The van der Waals surface area contributed by atoms with Gasteiger partial charge in [0, 0.05) is 16.9 Å². The molecule has 4 heteroatoms. The Morgan fingerprint density at radius 3 is 2.79 bits per heavy atom. The molecule has 1 aliphatic rings. The molecule has 0 saturated carbocycles. The van der Waals surface area contributed by atoms with Crippen LogP contribution in [0.2, 0.25) is 0 Å². The van der Waals surface area contributed by atoms with E-state index in [2.05, 4.69) is 54.3 Å². The third kappa shape index (κ3) is 3.94. The number of ether oxygens (including phenoxy) is 1. The minimum atomic E-state index is 0.257. The van der Waals surface area contributed by atoms with Gasteiger partial charge in [0.1, 0.15) is 5.75 Å². The highest BCUT2D eigenvalue weighted by atomic mass is 79.9. The van der Waals surface area contributed by atoms with Crippen molar-refractivity contribution < 1.29 is 4.74 Å². The fourth-order valence-electron chi connectivity index (χ4n) is 2.69. The van der Waals surface area contributed by atoms with Gasteiger partial charge in [0.15, 0.2) is 0 Å². The van der Waals surface area contributed by atoms with Gasteiger partial charge in [-0.05, 0) is 41.5 Å². The lowest BCUT2D eigenvalue weighted by Crippen LogP contribution is -2.39. The number of hydrazine groups is 1. The summed E-state index contributed by atoms with van der Waals surface area (Å²) in [6.45, 7) is 7.50. The number of halogens is 1. The Hall–Kier alpha value is -0.580. The second-order valence-electron chi connectivity index (χ2n) is 6.48. The molecule has 0 amide bonds. The first kappa shape index (κ1) is 14.8. The topological polar surface area (TPSA) is 47.3 Å². The molecule has 1 atom stereocenters. The van der Waals surface area contributed by atoms with Crippen molar-refractivity contribution in [2.45, 2.75) is 46.1 Å². The number of nitrogens with two attached hydrogens (primary N) is 1. The van der Waals surface area contributed by atoms with Crippen molar-refractivity contribution in [2.75, 3.05) is 6.61 Å². The summed E-state index contributed by atoms with van der Waals surface area (Å²) in [5.41, 5.74) is 5.75. The smallest absolute Gasteiger partial charge is 0.125 e. The van der Waals surface area contributed by atoms with Crippen molar-refractivity contribution in [3.05, 3.63) is 27.7 Å². The maximum atomic E-state index is 5.77. The maximum absolute atomic E-state index is 5.77. The van der Waals surface area contributed by atoms with Gasteiger partial charge in [-0.1, -0.05) is 36.7 Å². The lowest BCUT2D eigenvalue weighted by Gasteiger charge is -2.26. The van der Waals surface area contributed by atoms with Crippen LogP contribution in [0.1, 0.15) is 38.3 Å². The first-order chi connectivity index (χ1) is 8.89. The van der Waals surface area contributed by atoms with Gasteiger partial charge in [-0.25, -0.2) is 0 Å². The number of rotatable bonds is 4. The monoisotopic (exact) mass is 326 g/mol. The van der Waals surface area contributed by atoms with Crippen LogP contribution in [-0.4, -0.2) is 12.6 Å². The zero-order valence-electron chi connectivity index (χ0n) is 11.9. The van der Waals surface area contributed by atoms with E-state index in [1.165, 1.54) is 11.1 Å². The van der Waals surface area contributed by atoms with Crippen molar-refractivity contribution >= 4 is 15.9 Å². The molecule has 3 nitrogen and oxygen atoms in total. The molecule has 0 fully saturated rings. The van der Waals surface area contributed by atoms with Gasteiger partial charge in [0.2, 0.25) is 0 Å². The summed E-state index contributed by atoms with van der Waals surface area (Å²) >= 11 is 3.58. The van der Waals surface area contributed by atoms with Gasteiger partial charge >= 0.3 is 0 Å². The van der Waals surface area contributed by atoms with E-state index >= 15 is 0 Å². The molecule has 1 aromatic carbocycles. The summed E-state index contributed by atoms with van der Waals surface area (Å²) in [5.74, 6) is 6.78. The Balaban J connectivity index is 2.18. The predicted molar refractivity (Wildman–Crippen MR) is 82.2 cm³/mol. The lowest BCUT2D eigenvalue weighted by atomic mass is 9.86. The molecular weight excluding hydrogens is 304 g/mol. The van der Waals surface area contributed by atoms with E-state index in [4.69, 9.17) is 10.6 Å². The normalized spacial score (nSPS) is 16.1. The second-order valence-corrected chi connectivity index (χ2v) is 7.40. The molecule has 1 aromatic rings. The fourth-order valence-corrected chi connectivity index (χ4v) is 3.24. The zero-order valence-corrected chi connectivity index (χ0v) is 13.5. The average molecular weight is 327 g/mol. The SMILES string of the molecule is CC(C)(C)CC(Cc1cc(Br)cc2c1OCC2)NN. The standard InChI is InChI=1S/C15H23BrN2O/c1-15(2,3)9-13(18-17)8-11-7-12(16)6-10-4-5-19-14(10)11/h6-7,13,18H,4-5,8-9,17H2,1-3H3. The van der Waals surface area contributed by atoms with Crippen LogP contribution >= 0.6 is 15.9 Å². The Morgan fingerprint density at radius 1 is 1.42 bits per heavy atom. The Morgan fingerprint density at radius 2 is 2.16 bits per heavy atom. The summed E-state index contributed by atoms with van der Waals surface area (Å²) in [6.07, 6.45) is 2.93. The molecule has 0 saturated heterocycles. The predicted octanol–water partition coefficient (Wildman–Crippen LogP) is 3.19. The minimum Gasteiger partial charge on any atom is -0.493 e. The molecule has 19 heavy (non-hydrogen) atoms. The molecule has 3 N–H and O–H groups in total. The van der Waals surface area contributed by atoms with Crippen molar-refractivity contribution in [1.82, 2.24) is 5.43 Å². The van der Waals surface area contributed by atoms with Crippen molar-refractivity contribution in [2.24, 2.45) is 11.3 Å². The van der Waals surface area contributed by atoms with Crippen LogP contribution in [-0.2, 0) is 12.8 Å². The number of benzene rings is 1. The first-order valence-corrected chi connectivity index (χ1v) is 7.58. The number of hydrogen-bond acceptors (Lipinski definition) is 3. The van der Waals surface area contributed by atoms with Crippen LogP contribution in [0.25, 0.3) is 0 Å². The fraction of sp³-hybridized carbons (Fsp3) is 0.600. The van der Waals surface area contributed by atoms with Gasteiger partial charge in [0.25, 0.3) is 0 Å². The molecule has 0 aliphatic carbocycles. The van der Waals surface area contributed by atoms with E-state index in [0.29, 0.717) is 0 Å².